The number of hydrogen-bond donors (Lipinski definition) is 0. The van der Waals surface area contributed by atoms with Crippen LogP contribution in [0.1, 0.15) is 64.7 Å². The zero-order valence-electron chi connectivity index (χ0n) is 10.6. The van der Waals surface area contributed by atoms with Crippen molar-refractivity contribution in [3.05, 3.63) is 0 Å². The summed E-state index contributed by atoms with van der Waals surface area (Å²) in [7, 11) is 0. The standard InChI is InChI=1S/C14H25NO/c1-2-12-8-4-3-7-11-15(12)13-9-5-6-10-14(13)16/h12-13H,2-11H2,1H3. The zero-order valence-corrected chi connectivity index (χ0v) is 10.6. The van der Waals surface area contributed by atoms with Crippen molar-refractivity contribution in [3.63, 3.8) is 0 Å². The first-order valence-corrected chi connectivity index (χ1v) is 7.11. The van der Waals surface area contributed by atoms with Crippen LogP contribution < -0.4 is 0 Å². The van der Waals surface area contributed by atoms with E-state index in [1.807, 2.05) is 0 Å². The number of rotatable bonds is 2. The molecular weight excluding hydrogens is 198 g/mol. The van der Waals surface area contributed by atoms with E-state index in [0.717, 1.165) is 25.8 Å². The highest BCUT2D eigenvalue weighted by Gasteiger charge is 2.32. The van der Waals surface area contributed by atoms with Crippen LogP contribution in [0.2, 0.25) is 0 Å². The van der Waals surface area contributed by atoms with Crippen LogP contribution in [0.3, 0.4) is 0 Å². The lowest BCUT2D eigenvalue weighted by Gasteiger charge is -2.37. The Labute approximate surface area is 99.4 Å². The zero-order chi connectivity index (χ0) is 11.4. The topological polar surface area (TPSA) is 20.3 Å². The molecule has 1 saturated heterocycles. The Morgan fingerprint density at radius 1 is 1.12 bits per heavy atom. The van der Waals surface area contributed by atoms with Crippen LogP contribution in [-0.2, 0) is 4.79 Å². The number of carbonyl (C=O) groups is 1. The van der Waals surface area contributed by atoms with E-state index in [1.165, 1.54) is 38.5 Å². The molecule has 0 bridgehead atoms. The molecule has 92 valence electrons. The Morgan fingerprint density at radius 3 is 2.69 bits per heavy atom. The van der Waals surface area contributed by atoms with E-state index >= 15 is 0 Å². The first-order valence-electron chi connectivity index (χ1n) is 7.11. The number of ketones is 1. The highest BCUT2D eigenvalue weighted by Crippen LogP contribution is 2.27. The third-order valence-electron chi connectivity index (χ3n) is 4.32. The van der Waals surface area contributed by atoms with Gasteiger partial charge in [-0.15, -0.1) is 0 Å². The summed E-state index contributed by atoms with van der Waals surface area (Å²) in [5.41, 5.74) is 0. The lowest BCUT2D eigenvalue weighted by Crippen LogP contribution is -2.48. The Bertz CT molecular complexity index is 239. The Kier molecular flexibility index (Phi) is 4.39. The molecule has 2 rings (SSSR count). The largest absolute Gasteiger partial charge is 0.298 e. The Balaban J connectivity index is 2.05. The van der Waals surface area contributed by atoms with E-state index in [9.17, 15) is 4.79 Å². The number of carbonyl (C=O) groups excluding carboxylic acids is 1. The predicted molar refractivity (Wildman–Crippen MR) is 66.5 cm³/mol. The van der Waals surface area contributed by atoms with E-state index in [4.69, 9.17) is 0 Å². The molecule has 2 unspecified atom stereocenters. The van der Waals surface area contributed by atoms with Crippen LogP contribution in [0.25, 0.3) is 0 Å². The van der Waals surface area contributed by atoms with Crippen LogP contribution in [0, 0.1) is 0 Å². The monoisotopic (exact) mass is 223 g/mol. The SMILES string of the molecule is CCC1CCCCCN1C1CCCCC1=O. The van der Waals surface area contributed by atoms with Gasteiger partial charge in [-0.3, -0.25) is 9.69 Å². The molecule has 0 amide bonds. The molecule has 0 spiro atoms. The molecule has 2 fully saturated rings. The summed E-state index contributed by atoms with van der Waals surface area (Å²) in [6, 6.07) is 0.950. The molecule has 0 N–H and O–H groups in total. The van der Waals surface area contributed by atoms with Crippen molar-refractivity contribution in [2.75, 3.05) is 6.54 Å². The molecule has 2 heteroatoms. The van der Waals surface area contributed by atoms with Crippen molar-refractivity contribution in [1.29, 1.82) is 0 Å². The molecule has 1 heterocycles. The first-order chi connectivity index (χ1) is 7.83. The molecular formula is C14H25NO. The fourth-order valence-electron chi connectivity index (χ4n) is 3.36. The van der Waals surface area contributed by atoms with Crippen molar-refractivity contribution in [2.24, 2.45) is 0 Å². The summed E-state index contributed by atoms with van der Waals surface area (Å²) in [5, 5.41) is 0. The van der Waals surface area contributed by atoms with Crippen molar-refractivity contribution in [3.8, 4) is 0 Å². The maximum Gasteiger partial charge on any atom is 0.149 e. The van der Waals surface area contributed by atoms with Gasteiger partial charge in [-0.2, -0.15) is 0 Å². The van der Waals surface area contributed by atoms with Crippen LogP contribution in [-0.4, -0.2) is 29.3 Å². The van der Waals surface area contributed by atoms with Crippen molar-refractivity contribution in [2.45, 2.75) is 76.8 Å². The minimum Gasteiger partial charge on any atom is -0.298 e. The summed E-state index contributed by atoms with van der Waals surface area (Å²) in [4.78, 5) is 14.6. The van der Waals surface area contributed by atoms with Crippen LogP contribution in [0.4, 0.5) is 0 Å². The van der Waals surface area contributed by atoms with Crippen LogP contribution >= 0.6 is 0 Å². The summed E-state index contributed by atoms with van der Waals surface area (Å²) in [6.07, 6.45) is 10.9. The van der Waals surface area contributed by atoms with E-state index < -0.39 is 0 Å². The van der Waals surface area contributed by atoms with Gasteiger partial charge < -0.3 is 0 Å². The molecule has 2 aliphatic rings. The van der Waals surface area contributed by atoms with Gasteiger partial charge in [0.05, 0.1) is 6.04 Å². The molecule has 0 radical (unpaired) electrons. The summed E-state index contributed by atoms with van der Waals surface area (Å²) in [6.45, 7) is 3.44. The van der Waals surface area contributed by atoms with E-state index in [0.29, 0.717) is 11.8 Å². The average molecular weight is 223 g/mol. The minimum absolute atomic E-state index is 0.275. The summed E-state index contributed by atoms with van der Waals surface area (Å²) >= 11 is 0. The van der Waals surface area contributed by atoms with Crippen molar-refractivity contribution in [1.82, 2.24) is 4.90 Å². The molecule has 1 aliphatic carbocycles. The van der Waals surface area contributed by atoms with Gasteiger partial charge in [0.25, 0.3) is 0 Å². The first kappa shape index (κ1) is 12.1. The van der Waals surface area contributed by atoms with Gasteiger partial charge in [-0.1, -0.05) is 26.2 Å². The van der Waals surface area contributed by atoms with Crippen molar-refractivity contribution >= 4 is 5.78 Å². The molecule has 0 aromatic carbocycles. The van der Waals surface area contributed by atoms with E-state index in [1.54, 1.807) is 0 Å². The average Bonchev–Trinajstić information content (AvgIpc) is 2.54. The van der Waals surface area contributed by atoms with E-state index in [-0.39, 0.29) is 6.04 Å². The minimum atomic E-state index is 0.275. The Hall–Kier alpha value is -0.370. The van der Waals surface area contributed by atoms with Gasteiger partial charge in [-0.05, 0) is 38.6 Å². The maximum atomic E-state index is 12.0. The molecule has 1 aliphatic heterocycles. The maximum absolute atomic E-state index is 12.0. The second-order valence-electron chi connectivity index (χ2n) is 5.38. The highest BCUT2D eigenvalue weighted by atomic mass is 16.1. The van der Waals surface area contributed by atoms with Crippen molar-refractivity contribution < 1.29 is 4.79 Å². The van der Waals surface area contributed by atoms with Gasteiger partial charge >= 0.3 is 0 Å². The lowest BCUT2D eigenvalue weighted by molar-refractivity contribution is -0.127. The smallest absolute Gasteiger partial charge is 0.149 e. The summed E-state index contributed by atoms with van der Waals surface area (Å²) < 4.78 is 0. The number of hydrogen-bond acceptors (Lipinski definition) is 2. The highest BCUT2D eigenvalue weighted by molar-refractivity contribution is 5.84. The number of nitrogens with zero attached hydrogens (tertiary/aromatic N) is 1. The predicted octanol–water partition coefficient (Wildman–Crippen LogP) is 3.15. The van der Waals surface area contributed by atoms with Gasteiger partial charge in [0.2, 0.25) is 0 Å². The summed E-state index contributed by atoms with van der Waals surface area (Å²) in [5.74, 6) is 0.520. The van der Waals surface area contributed by atoms with E-state index in [2.05, 4.69) is 11.8 Å². The third-order valence-corrected chi connectivity index (χ3v) is 4.32. The van der Waals surface area contributed by atoms with Gasteiger partial charge in [0.1, 0.15) is 5.78 Å². The lowest BCUT2D eigenvalue weighted by atomic mass is 9.91. The molecule has 2 atom stereocenters. The quantitative estimate of drug-likeness (QED) is 0.716. The van der Waals surface area contributed by atoms with Gasteiger partial charge in [-0.25, -0.2) is 0 Å². The van der Waals surface area contributed by atoms with Crippen LogP contribution in [0.5, 0.6) is 0 Å². The third kappa shape index (κ3) is 2.65. The fraction of sp³-hybridized carbons (Fsp3) is 0.929. The fourth-order valence-corrected chi connectivity index (χ4v) is 3.36. The van der Waals surface area contributed by atoms with Crippen LogP contribution in [0.15, 0.2) is 0 Å². The van der Waals surface area contributed by atoms with Gasteiger partial charge in [0, 0.05) is 12.5 Å². The second-order valence-corrected chi connectivity index (χ2v) is 5.38. The molecule has 2 nitrogen and oxygen atoms in total. The molecule has 1 saturated carbocycles. The molecule has 16 heavy (non-hydrogen) atoms. The van der Waals surface area contributed by atoms with Gasteiger partial charge in [0.15, 0.2) is 0 Å². The number of Topliss-reactive ketones (excluding diaryl/α,β-unsaturated/α-hetero) is 1. The second kappa shape index (κ2) is 5.81. The molecule has 0 aromatic heterocycles. The Morgan fingerprint density at radius 2 is 1.94 bits per heavy atom. The molecule has 0 aromatic rings. The normalized spacial score (nSPS) is 33.7. The number of likely N-dealkylation sites (tertiary alicyclic amines) is 1.